The van der Waals surface area contributed by atoms with E-state index < -0.39 is 5.95 Å². The van der Waals surface area contributed by atoms with E-state index in [1.165, 1.54) is 38.2 Å². The van der Waals surface area contributed by atoms with E-state index >= 15 is 0 Å². The van der Waals surface area contributed by atoms with Crippen LogP contribution >= 0.6 is 0 Å². The van der Waals surface area contributed by atoms with Crippen molar-refractivity contribution in [3.05, 3.63) is 24.1 Å². The summed E-state index contributed by atoms with van der Waals surface area (Å²) in [6.07, 6.45) is 6.58. The molecule has 2 nitrogen and oxygen atoms in total. The summed E-state index contributed by atoms with van der Waals surface area (Å²) in [5.41, 5.74) is 0. The molecule has 0 spiro atoms. The summed E-state index contributed by atoms with van der Waals surface area (Å²) in [6, 6.07) is 5.27. The van der Waals surface area contributed by atoms with Gasteiger partial charge in [-0.25, -0.2) is 4.98 Å². The lowest BCUT2D eigenvalue weighted by molar-refractivity contribution is 0.328. The number of hydrogen-bond acceptors (Lipinski definition) is 2. The number of aromatic nitrogens is 1. The van der Waals surface area contributed by atoms with Crippen LogP contribution in [0.1, 0.15) is 39.0 Å². The summed E-state index contributed by atoms with van der Waals surface area (Å²) in [4.78, 5) is 3.83. The van der Waals surface area contributed by atoms with Crippen LogP contribution in [-0.2, 0) is 0 Å². The van der Waals surface area contributed by atoms with Crippen molar-refractivity contribution >= 4 is 5.82 Å². The van der Waals surface area contributed by atoms with Gasteiger partial charge in [0, 0.05) is 6.04 Å². The third-order valence-corrected chi connectivity index (χ3v) is 3.45. The standard InChI is InChI=1S/C13H19FN2/c1-10(11-6-3-2-4-7-11)15-13-9-5-8-12(14)16-13/h5,8-11H,2-4,6-7H2,1H3,(H,15,16). The summed E-state index contributed by atoms with van der Waals surface area (Å²) >= 11 is 0. The first-order chi connectivity index (χ1) is 7.75. The summed E-state index contributed by atoms with van der Waals surface area (Å²) in [7, 11) is 0. The second-order valence-electron chi connectivity index (χ2n) is 4.68. The Balaban J connectivity index is 1.93. The van der Waals surface area contributed by atoms with Crippen molar-refractivity contribution in [2.45, 2.75) is 45.1 Å². The molecule has 1 aromatic heterocycles. The second kappa shape index (κ2) is 5.28. The van der Waals surface area contributed by atoms with E-state index in [1.54, 1.807) is 6.07 Å². The number of pyridine rings is 1. The molecule has 2 rings (SSSR count). The Labute approximate surface area is 96.3 Å². The van der Waals surface area contributed by atoms with Gasteiger partial charge in [0.2, 0.25) is 5.95 Å². The molecule has 1 saturated carbocycles. The lowest BCUT2D eigenvalue weighted by Crippen LogP contribution is -2.28. The quantitative estimate of drug-likeness (QED) is 0.790. The third kappa shape index (κ3) is 2.94. The smallest absolute Gasteiger partial charge is 0.214 e. The molecule has 1 atom stereocenters. The van der Waals surface area contributed by atoms with Crippen molar-refractivity contribution in [3.8, 4) is 0 Å². The molecule has 16 heavy (non-hydrogen) atoms. The molecule has 1 aromatic rings. The molecule has 1 aliphatic carbocycles. The van der Waals surface area contributed by atoms with E-state index in [1.807, 2.05) is 6.07 Å². The first kappa shape index (κ1) is 11.4. The number of halogens is 1. The zero-order valence-electron chi connectivity index (χ0n) is 9.75. The average Bonchev–Trinajstić information content (AvgIpc) is 2.30. The zero-order valence-corrected chi connectivity index (χ0v) is 9.75. The maximum Gasteiger partial charge on any atom is 0.214 e. The fraction of sp³-hybridized carbons (Fsp3) is 0.615. The van der Waals surface area contributed by atoms with E-state index in [9.17, 15) is 4.39 Å². The lowest BCUT2D eigenvalue weighted by Gasteiger charge is -2.28. The minimum absolute atomic E-state index is 0.384. The predicted molar refractivity (Wildman–Crippen MR) is 63.9 cm³/mol. The van der Waals surface area contributed by atoms with Crippen molar-refractivity contribution in [2.24, 2.45) is 5.92 Å². The van der Waals surface area contributed by atoms with Crippen LogP contribution in [0, 0.1) is 11.9 Å². The number of hydrogen-bond donors (Lipinski definition) is 1. The van der Waals surface area contributed by atoms with Gasteiger partial charge in [-0.1, -0.05) is 25.3 Å². The molecule has 1 fully saturated rings. The largest absolute Gasteiger partial charge is 0.367 e. The Morgan fingerprint density at radius 2 is 2.06 bits per heavy atom. The monoisotopic (exact) mass is 222 g/mol. The van der Waals surface area contributed by atoms with Gasteiger partial charge in [0.05, 0.1) is 0 Å². The van der Waals surface area contributed by atoms with Gasteiger partial charge in [0.15, 0.2) is 0 Å². The molecule has 1 unspecified atom stereocenters. The highest BCUT2D eigenvalue weighted by atomic mass is 19.1. The van der Waals surface area contributed by atoms with Crippen LogP contribution in [-0.4, -0.2) is 11.0 Å². The third-order valence-electron chi connectivity index (χ3n) is 3.45. The van der Waals surface area contributed by atoms with E-state index in [4.69, 9.17) is 0 Å². The van der Waals surface area contributed by atoms with Crippen molar-refractivity contribution in [1.29, 1.82) is 0 Å². The van der Waals surface area contributed by atoms with Crippen molar-refractivity contribution in [3.63, 3.8) is 0 Å². The molecule has 0 saturated heterocycles. The molecular formula is C13H19FN2. The molecule has 1 heterocycles. The Bertz CT molecular complexity index is 334. The van der Waals surface area contributed by atoms with Gasteiger partial charge in [0.25, 0.3) is 0 Å². The van der Waals surface area contributed by atoms with Gasteiger partial charge in [0.1, 0.15) is 5.82 Å². The van der Waals surface area contributed by atoms with Gasteiger partial charge in [-0.2, -0.15) is 4.39 Å². The van der Waals surface area contributed by atoms with Crippen molar-refractivity contribution < 1.29 is 4.39 Å². The highest BCUT2D eigenvalue weighted by molar-refractivity contribution is 5.34. The normalized spacial score (nSPS) is 19.4. The van der Waals surface area contributed by atoms with Gasteiger partial charge in [-0.15, -0.1) is 0 Å². The topological polar surface area (TPSA) is 24.9 Å². The number of nitrogens with one attached hydrogen (secondary N) is 1. The zero-order chi connectivity index (χ0) is 11.4. The molecule has 0 aromatic carbocycles. The Morgan fingerprint density at radius 1 is 1.31 bits per heavy atom. The van der Waals surface area contributed by atoms with Crippen LogP contribution in [0.4, 0.5) is 10.2 Å². The maximum atomic E-state index is 12.9. The highest BCUT2D eigenvalue weighted by Gasteiger charge is 2.19. The van der Waals surface area contributed by atoms with Crippen LogP contribution in [0.3, 0.4) is 0 Å². The summed E-state index contributed by atoms with van der Waals surface area (Å²) < 4.78 is 12.9. The van der Waals surface area contributed by atoms with Gasteiger partial charge in [-0.3, -0.25) is 0 Å². The molecular weight excluding hydrogens is 203 g/mol. The summed E-state index contributed by atoms with van der Waals surface area (Å²) in [6.45, 7) is 2.17. The molecule has 88 valence electrons. The second-order valence-corrected chi connectivity index (χ2v) is 4.68. The number of anilines is 1. The fourth-order valence-electron chi connectivity index (χ4n) is 2.47. The van der Waals surface area contributed by atoms with Gasteiger partial charge >= 0.3 is 0 Å². The Hall–Kier alpha value is -1.12. The van der Waals surface area contributed by atoms with E-state index in [0.717, 1.165) is 0 Å². The molecule has 0 aliphatic heterocycles. The Kier molecular flexibility index (Phi) is 3.75. The Morgan fingerprint density at radius 3 is 2.75 bits per heavy atom. The average molecular weight is 222 g/mol. The van der Waals surface area contributed by atoms with Gasteiger partial charge < -0.3 is 5.32 Å². The lowest BCUT2D eigenvalue weighted by atomic mass is 9.84. The number of nitrogens with zero attached hydrogens (tertiary/aromatic N) is 1. The van der Waals surface area contributed by atoms with E-state index in [2.05, 4.69) is 17.2 Å². The molecule has 0 bridgehead atoms. The maximum absolute atomic E-state index is 12.9. The van der Waals surface area contributed by atoms with Gasteiger partial charge in [-0.05, 0) is 37.8 Å². The predicted octanol–water partition coefficient (Wildman–Crippen LogP) is 3.60. The SMILES string of the molecule is CC(Nc1cccc(F)n1)C1CCCCC1. The molecule has 0 radical (unpaired) electrons. The van der Waals surface area contributed by atoms with Crippen LogP contribution in [0.2, 0.25) is 0 Å². The highest BCUT2D eigenvalue weighted by Crippen LogP contribution is 2.27. The minimum Gasteiger partial charge on any atom is -0.367 e. The molecule has 1 aliphatic rings. The number of rotatable bonds is 3. The van der Waals surface area contributed by atoms with Crippen LogP contribution in [0.5, 0.6) is 0 Å². The molecule has 0 amide bonds. The van der Waals surface area contributed by atoms with Crippen molar-refractivity contribution in [2.75, 3.05) is 5.32 Å². The van der Waals surface area contributed by atoms with E-state index in [0.29, 0.717) is 17.8 Å². The first-order valence-electron chi connectivity index (χ1n) is 6.15. The van der Waals surface area contributed by atoms with Crippen LogP contribution < -0.4 is 5.32 Å². The summed E-state index contributed by atoms with van der Waals surface area (Å²) in [5, 5.41) is 3.30. The first-order valence-corrected chi connectivity index (χ1v) is 6.15. The van der Waals surface area contributed by atoms with E-state index in [-0.39, 0.29) is 0 Å². The van der Waals surface area contributed by atoms with Crippen molar-refractivity contribution in [1.82, 2.24) is 4.98 Å². The summed E-state index contributed by atoms with van der Waals surface area (Å²) in [5.74, 6) is 0.942. The molecule has 3 heteroatoms. The van der Waals surface area contributed by atoms with Crippen LogP contribution in [0.15, 0.2) is 18.2 Å². The fourth-order valence-corrected chi connectivity index (χ4v) is 2.47. The van der Waals surface area contributed by atoms with Crippen LogP contribution in [0.25, 0.3) is 0 Å². The molecule has 1 N–H and O–H groups in total. The minimum atomic E-state index is -0.416.